The number of hydrazine groups is 1. The molecule has 1 aliphatic heterocycles. The summed E-state index contributed by atoms with van der Waals surface area (Å²) >= 11 is 0. The maximum absolute atomic E-state index is 12.8. The second-order valence-corrected chi connectivity index (χ2v) is 7.50. The van der Waals surface area contributed by atoms with Crippen molar-refractivity contribution in [1.82, 2.24) is 5.43 Å². The molecule has 1 heterocycles. The van der Waals surface area contributed by atoms with Crippen molar-refractivity contribution >= 4 is 26.9 Å². The molecule has 0 aromatic heterocycles. The lowest BCUT2D eigenvalue weighted by Crippen LogP contribution is -2.35. The Morgan fingerprint density at radius 2 is 1.64 bits per heavy atom. The first-order valence-corrected chi connectivity index (χ1v) is 8.49. The smallest absolute Gasteiger partial charge is 0.310 e. The van der Waals surface area contributed by atoms with Gasteiger partial charge in [-0.1, -0.05) is 0 Å². The number of rotatable bonds is 5. The zero-order valence-corrected chi connectivity index (χ0v) is 13.1. The molecular weight excluding hydrogens is 373 g/mol. The number of sulfone groups is 1. The monoisotopic (exact) mass is 384 g/mol. The van der Waals surface area contributed by atoms with Crippen molar-refractivity contribution in [3.8, 4) is 0 Å². The van der Waals surface area contributed by atoms with Gasteiger partial charge in [-0.15, -0.1) is 0 Å². The molecule has 14 heteroatoms. The number of nitro groups is 2. The van der Waals surface area contributed by atoms with E-state index in [-0.39, 0.29) is 30.1 Å². The standard InChI is InChI=1S/C11H11F3N4O6S/c12-11(13,14)6-3-8(17(19)20)10(9(4-6)18(21)22)16-15-7-1-2-25(23,24)5-7/h3-4,7,15-16H,1-2,5H2. The second-order valence-electron chi connectivity index (χ2n) is 5.27. The van der Waals surface area contributed by atoms with Crippen LogP contribution < -0.4 is 10.9 Å². The molecule has 1 atom stereocenters. The lowest BCUT2D eigenvalue weighted by atomic mass is 10.1. The third-order valence-corrected chi connectivity index (χ3v) is 5.22. The fraction of sp³-hybridized carbons (Fsp3) is 0.455. The van der Waals surface area contributed by atoms with Crippen molar-refractivity contribution in [2.24, 2.45) is 0 Å². The Labute approximate surface area is 138 Å². The predicted molar refractivity (Wildman–Crippen MR) is 78.6 cm³/mol. The third kappa shape index (κ3) is 4.33. The summed E-state index contributed by atoms with van der Waals surface area (Å²) in [7, 11) is -3.30. The fourth-order valence-corrected chi connectivity index (χ4v) is 3.95. The van der Waals surface area contributed by atoms with Crippen LogP contribution in [-0.2, 0) is 16.0 Å². The van der Waals surface area contributed by atoms with Gasteiger partial charge in [-0.3, -0.25) is 20.2 Å². The fourth-order valence-electron chi connectivity index (χ4n) is 2.27. The Morgan fingerprint density at radius 1 is 1.12 bits per heavy atom. The molecule has 1 aromatic rings. The normalized spacial score (nSPS) is 19.6. The van der Waals surface area contributed by atoms with Crippen LogP contribution in [0.1, 0.15) is 12.0 Å². The van der Waals surface area contributed by atoms with Gasteiger partial charge < -0.3 is 5.43 Å². The number of hydrogen-bond acceptors (Lipinski definition) is 8. The molecule has 1 unspecified atom stereocenters. The van der Waals surface area contributed by atoms with Crippen LogP contribution in [0, 0.1) is 20.2 Å². The van der Waals surface area contributed by atoms with Gasteiger partial charge in [0.15, 0.2) is 9.84 Å². The van der Waals surface area contributed by atoms with E-state index in [4.69, 9.17) is 0 Å². The van der Waals surface area contributed by atoms with Crippen LogP contribution in [0.25, 0.3) is 0 Å². The summed E-state index contributed by atoms with van der Waals surface area (Å²) in [6.45, 7) is 0. The van der Waals surface area contributed by atoms with Crippen molar-refractivity contribution in [3.63, 3.8) is 0 Å². The summed E-state index contributed by atoms with van der Waals surface area (Å²) in [5, 5.41) is 22.1. The van der Waals surface area contributed by atoms with Gasteiger partial charge in [0.25, 0.3) is 0 Å². The Bertz CT molecular complexity index is 791. The number of nitro benzene ring substituents is 2. The zero-order chi connectivity index (χ0) is 19.0. The first-order valence-electron chi connectivity index (χ1n) is 6.67. The molecular formula is C11H11F3N4O6S. The van der Waals surface area contributed by atoms with Crippen LogP contribution in [-0.4, -0.2) is 35.8 Å². The zero-order valence-electron chi connectivity index (χ0n) is 12.2. The van der Waals surface area contributed by atoms with E-state index in [9.17, 15) is 41.8 Å². The van der Waals surface area contributed by atoms with Crippen LogP contribution in [0.15, 0.2) is 12.1 Å². The average molecular weight is 384 g/mol. The van der Waals surface area contributed by atoms with Gasteiger partial charge in [0.1, 0.15) is 0 Å². The van der Waals surface area contributed by atoms with Crippen LogP contribution in [0.4, 0.5) is 30.2 Å². The second kappa shape index (κ2) is 6.44. The summed E-state index contributed by atoms with van der Waals surface area (Å²) in [6, 6.07) is -0.350. The van der Waals surface area contributed by atoms with E-state index in [2.05, 4.69) is 10.9 Å². The van der Waals surface area contributed by atoms with E-state index >= 15 is 0 Å². The summed E-state index contributed by atoms with van der Waals surface area (Å²) in [4.78, 5) is 19.7. The minimum absolute atomic E-state index is 0.135. The van der Waals surface area contributed by atoms with Crippen LogP contribution in [0.5, 0.6) is 0 Å². The van der Waals surface area contributed by atoms with E-state index in [1.165, 1.54) is 0 Å². The first-order chi connectivity index (χ1) is 11.4. The number of hydrogen-bond donors (Lipinski definition) is 2. The van der Waals surface area contributed by atoms with Gasteiger partial charge in [0.05, 0.1) is 26.9 Å². The summed E-state index contributed by atoms with van der Waals surface area (Å²) < 4.78 is 61.0. The number of nitrogens with zero attached hydrogens (tertiary/aromatic N) is 2. The van der Waals surface area contributed by atoms with Gasteiger partial charge in [-0.2, -0.15) is 13.2 Å². The molecule has 1 fully saturated rings. The highest BCUT2D eigenvalue weighted by atomic mass is 32.2. The molecule has 2 rings (SSSR count). The SMILES string of the molecule is O=[N+]([O-])c1cc(C(F)(F)F)cc([N+](=O)[O-])c1NNC1CCS(=O)(=O)C1. The molecule has 138 valence electrons. The Balaban J connectivity index is 2.41. The molecule has 0 radical (unpaired) electrons. The maximum Gasteiger partial charge on any atom is 0.416 e. The molecule has 0 aliphatic carbocycles. The van der Waals surface area contributed by atoms with E-state index in [0.717, 1.165) is 0 Å². The molecule has 0 spiro atoms. The van der Waals surface area contributed by atoms with Crippen molar-refractivity contribution in [2.75, 3.05) is 16.9 Å². The lowest BCUT2D eigenvalue weighted by Gasteiger charge is -2.15. The van der Waals surface area contributed by atoms with Crippen molar-refractivity contribution in [1.29, 1.82) is 0 Å². The summed E-state index contributed by atoms with van der Waals surface area (Å²) in [5.74, 6) is -0.439. The molecule has 1 saturated heterocycles. The Hall–Kier alpha value is -2.48. The summed E-state index contributed by atoms with van der Waals surface area (Å²) in [6.07, 6.45) is -4.86. The van der Waals surface area contributed by atoms with Crippen molar-refractivity contribution in [3.05, 3.63) is 37.9 Å². The molecule has 2 N–H and O–H groups in total. The highest BCUT2D eigenvalue weighted by Gasteiger charge is 2.38. The van der Waals surface area contributed by atoms with Crippen molar-refractivity contribution in [2.45, 2.75) is 18.6 Å². The molecule has 10 nitrogen and oxygen atoms in total. The summed E-state index contributed by atoms with van der Waals surface area (Å²) in [5.41, 5.74) is -0.121. The average Bonchev–Trinajstić information content (AvgIpc) is 2.82. The molecule has 1 aromatic carbocycles. The molecule has 0 amide bonds. The largest absolute Gasteiger partial charge is 0.416 e. The number of alkyl halides is 3. The van der Waals surface area contributed by atoms with Crippen LogP contribution >= 0.6 is 0 Å². The number of nitrogens with one attached hydrogen (secondary N) is 2. The topological polar surface area (TPSA) is 144 Å². The minimum atomic E-state index is -5.01. The number of halogens is 3. The third-order valence-electron chi connectivity index (χ3n) is 3.45. The van der Waals surface area contributed by atoms with Gasteiger partial charge in [-0.05, 0) is 6.42 Å². The predicted octanol–water partition coefficient (Wildman–Crippen LogP) is 1.63. The highest BCUT2D eigenvalue weighted by Crippen LogP contribution is 2.40. The first kappa shape index (κ1) is 18.9. The Kier molecular flexibility index (Phi) is 4.85. The molecule has 25 heavy (non-hydrogen) atoms. The van der Waals surface area contributed by atoms with E-state index in [0.29, 0.717) is 0 Å². The maximum atomic E-state index is 12.8. The van der Waals surface area contributed by atoms with Gasteiger partial charge in [0.2, 0.25) is 5.69 Å². The molecule has 1 aliphatic rings. The van der Waals surface area contributed by atoms with Crippen molar-refractivity contribution < 1.29 is 31.4 Å². The quantitative estimate of drug-likeness (QED) is 0.575. The van der Waals surface area contributed by atoms with Crippen LogP contribution in [0.2, 0.25) is 0 Å². The van der Waals surface area contributed by atoms with E-state index in [1.54, 1.807) is 0 Å². The van der Waals surface area contributed by atoms with Gasteiger partial charge in [0, 0.05) is 18.2 Å². The number of anilines is 1. The van der Waals surface area contributed by atoms with Gasteiger partial charge in [-0.25, -0.2) is 13.8 Å². The highest BCUT2D eigenvalue weighted by molar-refractivity contribution is 7.91. The Morgan fingerprint density at radius 3 is 2.00 bits per heavy atom. The van der Waals surface area contributed by atoms with E-state index < -0.39 is 54.5 Å². The lowest BCUT2D eigenvalue weighted by molar-refractivity contribution is -0.392. The van der Waals surface area contributed by atoms with Crippen LogP contribution in [0.3, 0.4) is 0 Å². The van der Waals surface area contributed by atoms with Gasteiger partial charge >= 0.3 is 17.6 Å². The number of benzene rings is 1. The minimum Gasteiger partial charge on any atom is -0.310 e. The van der Waals surface area contributed by atoms with E-state index in [1.807, 2.05) is 0 Å². The molecule has 0 saturated carbocycles. The molecule has 0 bridgehead atoms.